The molecule has 2 saturated carbocycles. The fourth-order valence-corrected chi connectivity index (χ4v) is 8.43. The third kappa shape index (κ3) is 2.99. The lowest BCUT2D eigenvalue weighted by Crippen LogP contribution is -2.49. The molecule has 4 unspecified atom stereocenters. The minimum Gasteiger partial charge on any atom is -0.480 e. The fourth-order valence-electron chi connectivity index (χ4n) is 6.26. The van der Waals surface area contributed by atoms with Crippen molar-refractivity contribution in [3.63, 3.8) is 0 Å². The molecule has 3 fully saturated rings. The summed E-state index contributed by atoms with van der Waals surface area (Å²) < 4.78 is 34.2. The van der Waals surface area contributed by atoms with Crippen LogP contribution in [-0.2, 0) is 26.1 Å². The molecular weight excluding hydrogens is 378 g/mol. The Bertz CT molecular complexity index is 853. The second-order valence-electron chi connectivity index (χ2n) is 9.17. The molecule has 154 valence electrons. The van der Waals surface area contributed by atoms with Gasteiger partial charge >= 0.3 is 5.97 Å². The Morgan fingerprint density at radius 1 is 1.25 bits per heavy atom. The Labute approximate surface area is 166 Å². The molecule has 0 amide bonds. The summed E-state index contributed by atoms with van der Waals surface area (Å²) in [7, 11) is -3.78. The Hall–Kier alpha value is -1.44. The van der Waals surface area contributed by atoms with Crippen molar-refractivity contribution >= 4 is 16.0 Å². The largest absolute Gasteiger partial charge is 0.480 e. The molecule has 2 bridgehead atoms. The van der Waals surface area contributed by atoms with Gasteiger partial charge in [-0.05, 0) is 42.1 Å². The zero-order valence-electron chi connectivity index (χ0n) is 16.5. The van der Waals surface area contributed by atoms with Crippen LogP contribution in [0.25, 0.3) is 0 Å². The van der Waals surface area contributed by atoms with Crippen LogP contribution in [0, 0.1) is 22.7 Å². The van der Waals surface area contributed by atoms with E-state index in [1.165, 1.54) is 0 Å². The SMILES string of the molecule is CC1(C)C2CCC1(CS(=O)(=O)N(CC(=O)O)Cc1ccccc1)C1OCCC21. The molecular formula is C21H29NO5S. The highest BCUT2D eigenvalue weighted by Crippen LogP contribution is 2.71. The normalized spacial score (nSPS) is 33.3. The molecule has 2 aliphatic carbocycles. The van der Waals surface area contributed by atoms with Crippen LogP contribution < -0.4 is 0 Å². The van der Waals surface area contributed by atoms with Gasteiger partial charge in [0.15, 0.2) is 0 Å². The van der Waals surface area contributed by atoms with Gasteiger partial charge in [-0.1, -0.05) is 44.2 Å². The Balaban J connectivity index is 1.65. The number of fused-ring (bicyclic) bond motifs is 5. The zero-order chi connectivity index (χ0) is 20.2. The maximum atomic E-state index is 13.5. The number of nitrogens with zero attached hydrogens (tertiary/aromatic N) is 1. The molecule has 1 N–H and O–H groups in total. The lowest BCUT2D eigenvalue weighted by molar-refractivity contribution is -0.137. The number of carboxylic acids is 1. The summed E-state index contributed by atoms with van der Waals surface area (Å²) in [6.07, 6.45) is 2.84. The molecule has 6 nitrogen and oxygen atoms in total. The predicted octanol–water partition coefficient (Wildman–Crippen LogP) is 2.74. The Morgan fingerprint density at radius 2 is 1.96 bits per heavy atom. The van der Waals surface area contributed by atoms with Gasteiger partial charge in [0, 0.05) is 18.6 Å². The van der Waals surface area contributed by atoms with Crippen LogP contribution in [-0.4, -0.2) is 48.8 Å². The van der Waals surface area contributed by atoms with Crippen LogP contribution in [0.1, 0.15) is 38.7 Å². The van der Waals surface area contributed by atoms with Gasteiger partial charge in [0.05, 0.1) is 11.9 Å². The van der Waals surface area contributed by atoms with Gasteiger partial charge in [-0.2, -0.15) is 4.31 Å². The number of hydrogen-bond acceptors (Lipinski definition) is 4. The van der Waals surface area contributed by atoms with Gasteiger partial charge in [-0.25, -0.2) is 8.42 Å². The number of carbonyl (C=O) groups is 1. The van der Waals surface area contributed by atoms with Crippen LogP contribution in [0.15, 0.2) is 30.3 Å². The second kappa shape index (κ2) is 6.82. The van der Waals surface area contributed by atoms with Gasteiger partial charge in [0.25, 0.3) is 0 Å². The van der Waals surface area contributed by atoms with Crippen molar-refractivity contribution < 1.29 is 23.1 Å². The standard InChI is InChI=1S/C21H29NO5S/c1-20(2)17-8-10-21(20,19-16(17)9-11-27-19)14-28(25,26)22(13-18(23)24)12-15-6-4-3-5-7-15/h3-7,16-17,19H,8-14H2,1-2H3,(H,23,24). The average molecular weight is 408 g/mol. The average Bonchev–Trinajstić information content (AvgIpc) is 3.23. The zero-order valence-corrected chi connectivity index (χ0v) is 17.3. The second-order valence-corrected chi connectivity index (χ2v) is 11.1. The highest BCUT2D eigenvalue weighted by atomic mass is 32.2. The van der Waals surface area contributed by atoms with E-state index in [1.807, 2.05) is 30.3 Å². The van der Waals surface area contributed by atoms with E-state index in [2.05, 4.69) is 13.8 Å². The van der Waals surface area contributed by atoms with Crippen LogP contribution in [0.3, 0.4) is 0 Å². The summed E-state index contributed by atoms with van der Waals surface area (Å²) in [4.78, 5) is 11.4. The van der Waals surface area contributed by atoms with Crippen molar-refractivity contribution in [2.75, 3.05) is 18.9 Å². The smallest absolute Gasteiger partial charge is 0.318 e. The minimum absolute atomic E-state index is 0.0283. The summed E-state index contributed by atoms with van der Waals surface area (Å²) in [5.74, 6) is -0.259. The Kier molecular flexibility index (Phi) is 4.83. The summed E-state index contributed by atoms with van der Waals surface area (Å²) in [5.41, 5.74) is 0.220. The first kappa shape index (κ1) is 19.9. The van der Waals surface area contributed by atoms with Gasteiger partial charge in [-0.3, -0.25) is 4.79 Å². The predicted molar refractivity (Wildman–Crippen MR) is 105 cm³/mol. The van der Waals surface area contributed by atoms with Crippen LogP contribution in [0.4, 0.5) is 0 Å². The molecule has 1 aromatic rings. The quantitative estimate of drug-likeness (QED) is 0.751. The van der Waals surface area contributed by atoms with Crippen LogP contribution >= 0.6 is 0 Å². The van der Waals surface area contributed by atoms with Gasteiger partial charge in [-0.15, -0.1) is 0 Å². The summed E-state index contributed by atoms with van der Waals surface area (Å²) in [6, 6.07) is 9.17. The van der Waals surface area contributed by atoms with Gasteiger partial charge < -0.3 is 9.84 Å². The van der Waals surface area contributed by atoms with E-state index in [0.29, 0.717) is 18.4 Å². The lowest BCUT2D eigenvalue weighted by Gasteiger charge is -2.42. The van der Waals surface area contributed by atoms with Gasteiger partial charge in [0.1, 0.15) is 6.54 Å². The van der Waals surface area contributed by atoms with Crippen molar-refractivity contribution in [3.8, 4) is 0 Å². The number of hydrogen-bond donors (Lipinski definition) is 1. The third-order valence-corrected chi connectivity index (χ3v) is 9.58. The van der Waals surface area contributed by atoms with Crippen molar-refractivity contribution in [2.45, 2.75) is 45.8 Å². The van der Waals surface area contributed by atoms with Crippen molar-refractivity contribution in [1.82, 2.24) is 4.31 Å². The van der Waals surface area contributed by atoms with E-state index >= 15 is 0 Å². The first-order chi connectivity index (χ1) is 13.2. The maximum absolute atomic E-state index is 13.5. The fraction of sp³-hybridized carbons (Fsp3) is 0.667. The van der Waals surface area contributed by atoms with E-state index < -0.39 is 28.0 Å². The highest BCUT2D eigenvalue weighted by Gasteiger charge is 2.71. The van der Waals surface area contributed by atoms with E-state index in [1.54, 1.807) is 0 Å². The number of ether oxygens (including phenoxy) is 1. The molecule has 0 aromatic heterocycles. The molecule has 3 aliphatic rings. The number of rotatable bonds is 7. The number of carboxylic acid groups (broad SMARTS) is 1. The van der Waals surface area contributed by atoms with Gasteiger partial charge in [0.2, 0.25) is 10.0 Å². The molecule has 4 atom stereocenters. The van der Waals surface area contributed by atoms with Crippen LogP contribution in [0.2, 0.25) is 0 Å². The van der Waals surface area contributed by atoms with Crippen molar-refractivity contribution in [3.05, 3.63) is 35.9 Å². The molecule has 7 heteroatoms. The summed E-state index contributed by atoms with van der Waals surface area (Å²) >= 11 is 0. The highest BCUT2D eigenvalue weighted by molar-refractivity contribution is 7.89. The van der Waals surface area contributed by atoms with Crippen molar-refractivity contribution in [1.29, 1.82) is 0 Å². The van der Waals surface area contributed by atoms with E-state index in [-0.39, 0.29) is 23.8 Å². The molecule has 1 saturated heterocycles. The molecule has 1 aromatic carbocycles. The first-order valence-electron chi connectivity index (χ1n) is 10.0. The topological polar surface area (TPSA) is 83.9 Å². The molecule has 0 spiro atoms. The third-order valence-electron chi connectivity index (χ3n) is 7.66. The van der Waals surface area contributed by atoms with E-state index in [0.717, 1.165) is 29.1 Å². The van der Waals surface area contributed by atoms with E-state index in [9.17, 15) is 18.3 Å². The van der Waals surface area contributed by atoms with Crippen LogP contribution in [0.5, 0.6) is 0 Å². The number of aliphatic carboxylic acids is 1. The Morgan fingerprint density at radius 3 is 2.64 bits per heavy atom. The molecule has 28 heavy (non-hydrogen) atoms. The number of sulfonamides is 1. The number of benzene rings is 1. The van der Waals surface area contributed by atoms with E-state index in [4.69, 9.17) is 4.74 Å². The molecule has 4 rings (SSSR count). The minimum atomic E-state index is -3.78. The maximum Gasteiger partial charge on any atom is 0.318 e. The molecule has 0 radical (unpaired) electrons. The molecule has 1 aliphatic heterocycles. The monoisotopic (exact) mass is 407 g/mol. The summed E-state index contributed by atoms with van der Waals surface area (Å²) in [6.45, 7) is 4.62. The first-order valence-corrected chi connectivity index (χ1v) is 11.6. The lowest BCUT2D eigenvalue weighted by atomic mass is 9.69. The van der Waals surface area contributed by atoms with Crippen molar-refractivity contribution in [2.24, 2.45) is 22.7 Å². The molecule has 1 heterocycles. The summed E-state index contributed by atoms with van der Waals surface area (Å²) in [5, 5.41) is 9.34.